The lowest BCUT2D eigenvalue weighted by Crippen LogP contribution is -2.16. The second-order valence-corrected chi connectivity index (χ2v) is 3.82. The molecule has 1 unspecified atom stereocenters. The number of aryl methyl sites for hydroxylation is 1. The summed E-state index contributed by atoms with van der Waals surface area (Å²) in [4.78, 5) is 15.9. The summed E-state index contributed by atoms with van der Waals surface area (Å²) in [6.45, 7) is 6.26. The van der Waals surface area contributed by atoms with Crippen LogP contribution in [0.25, 0.3) is 0 Å². The lowest BCUT2D eigenvalue weighted by molar-refractivity contribution is -0.145. The van der Waals surface area contributed by atoms with Crippen molar-refractivity contribution in [3.8, 4) is 0 Å². The van der Waals surface area contributed by atoms with Crippen LogP contribution in [0.3, 0.4) is 0 Å². The smallest absolute Gasteiger partial charge is 0.313 e. The van der Waals surface area contributed by atoms with Crippen LogP contribution in [0.1, 0.15) is 43.9 Å². The van der Waals surface area contributed by atoms with E-state index in [-0.39, 0.29) is 11.9 Å². The van der Waals surface area contributed by atoms with Crippen LogP contribution in [-0.2, 0) is 9.53 Å². The first-order valence-corrected chi connectivity index (χ1v) is 5.78. The highest BCUT2D eigenvalue weighted by atomic mass is 16.5. The molecule has 0 aliphatic carbocycles. The lowest BCUT2D eigenvalue weighted by Gasteiger charge is -2.15. The maximum absolute atomic E-state index is 11.8. The molecule has 3 nitrogen and oxygen atoms in total. The van der Waals surface area contributed by atoms with Gasteiger partial charge in [0, 0.05) is 11.9 Å². The molecule has 0 spiro atoms. The van der Waals surface area contributed by atoms with Gasteiger partial charge in [0.1, 0.15) is 0 Å². The third-order valence-electron chi connectivity index (χ3n) is 2.47. The van der Waals surface area contributed by atoms with Crippen molar-refractivity contribution in [2.24, 2.45) is 0 Å². The van der Waals surface area contributed by atoms with Gasteiger partial charge >= 0.3 is 5.97 Å². The van der Waals surface area contributed by atoms with Crippen molar-refractivity contribution < 1.29 is 9.53 Å². The van der Waals surface area contributed by atoms with Gasteiger partial charge < -0.3 is 4.74 Å². The summed E-state index contributed by atoms with van der Waals surface area (Å²) >= 11 is 0. The Hall–Kier alpha value is -1.38. The van der Waals surface area contributed by atoms with E-state index in [1.807, 2.05) is 26.0 Å². The Kier molecular flexibility index (Phi) is 4.96. The molecule has 0 saturated carbocycles. The Morgan fingerprint density at radius 3 is 2.81 bits per heavy atom. The first-order valence-electron chi connectivity index (χ1n) is 5.78. The molecule has 1 atom stereocenters. The van der Waals surface area contributed by atoms with E-state index in [0.717, 1.165) is 24.1 Å². The van der Waals surface area contributed by atoms with Crippen molar-refractivity contribution in [2.45, 2.75) is 39.5 Å². The Morgan fingerprint density at radius 2 is 2.25 bits per heavy atom. The molecule has 0 bridgehead atoms. The quantitative estimate of drug-likeness (QED) is 0.718. The lowest BCUT2D eigenvalue weighted by atomic mass is 9.95. The second kappa shape index (κ2) is 6.26. The van der Waals surface area contributed by atoms with Gasteiger partial charge in [0.05, 0.1) is 12.5 Å². The maximum atomic E-state index is 11.8. The average Bonchev–Trinajstić information content (AvgIpc) is 2.26. The van der Waals surface area contributed by atoms with Crippen molar-refractivity contribution in [1.82, 2.24) is 4.98 Å². The third kappa shape index (κ3) is 3.33. The Morgan fingerprint density at radius 1 is 1.50 bits per heavy atom. The van der Waals surface area contributed by atoms with Crippen molar-refractivity contribution in [2.75, 3.05) is 6.61 Å². The minimum Gasteiger partial charge on any atom is -0.466 e. The highest BCUT2D eigenvalue weighted by Gasteiger charge is 2.20. The van der Waals surface area contributed by atoms with Crippen molar-refractivity contribution >= 4 is 5.97 Å². The molecule has 0 N–H and O–H groups in total. The van der Waals surface area contributed by atoms with E-state index in [9.17, 15) is 4.79 Å². The number of nitrogens with zero attached hydrogens (tertiary/aromatic N) is 1. The summed E-state index contributed by atoms with van der Waals surface area (Å²) in [5, 5.41) is 0. The Labute approximate surface area is 96.8 Å². The van der Waals surface area contributed by atoms with Crippen molar-refractivity contribution in [3.63, 3.8) is 0 Å². The predicted octanol–water partition coefficient (Wildman–Crippen LogP) is 2.84. The first-order chi connectivity index (χ1) is 7.69. The molecule has 0 amide bonds. The number of ether oxygens (including phenoxy) is 1. The number of carbonyl (C=O) groups excluding carboxylic acids is 1. The molecule has 0 radical (unpaired) electrons. The summed E-state index contributed by atoms with van der Waals surface area (Å²) in [5.41, 5.74) is 1.94. The van der Waals surface area contributed by atoms with Gasteiger partial charge in [-0.15, -0.1) is 0 Å². The molecule has 16 heavy (non-hydrogen) atoms. The summed E-state index contributed by atoms with van der Waals surface area (Å²) in [6.07, 6.45) is 3.53. The van der Waals surface area contributed by atoms with Crippen LogP contribution in [0.2, 0.25) is 0 Å². The van der Waals surface area contributed by atoms with E-state index in [1.165, 1.54) is 0 Å². The zero-order valence-electron chi connectivity index (χ0n) is 10.2. The number of pyridine rings is 1. The minimum absolute atomic E-state index is 0.130. The van der Waals surface area contributed by atoms with Crippen LogP contribution >= 0.6 is 0 Å². The normalized spacial score (nSPS) is 12.2. The Bertz CT molecular complexity index is 350. The third-order valence-corrected chi connectivity index (χ3v) is 2.47. The predicted molar refractivity (Wildman–Crippen MR) is 63.3 cm³/mol. The highest BCUT2D eigenvalue weighted by Crippen LogP contribution is 2.23. The fourth-order valence-corrected chi connectivity index (χ4v) is 1.74. The van der Waals surface area contributed by atoms with Crippen LogP contribution in [0, 0.1) is 6.92 Å². The zero-order chi connectivity index (χ0) is 12.0. The number of hydrogen-bond donors (Lipinski definition) is 0. The molecule has 1 heterocycles. The fourth-order valence-electron chi connectivity index (χ4n) is 1.74. The summed E-state index contributed by atoms with van der Waals surface area (Å²) in [5.74, 6) is -0.276. The molecule has 1 rings (SSSR count). The molecular formula is C13H19NO2. The van der Waals surface area contributed by atoms with Gasteiger partial charge in [-0.3, -0.25) is 9.78 Å². The van der Waals surface area contributed by atoms with Crippen LogP contribution in [0.5, 0.6) is 0 Å². The first kappa shape index (κ1) is 12.7. The standard InChI is InChI=1S/C13H19NO2/c1-4-6-12(13(15)16-5-2)11-7-8-14-10(3)9-11/h7-9,12H,4-6H2,1-3H3. The van der Waals surface area contributed by atoms with E-state index >= 15 is 0 Å². The summed E-state index contributed by atoms with van der Waals surface area (Å²) in [7, 11) is 0. The number of hydrogen-bond acceptors (Lipinski definition) is 3. The largest absolute Gasteiger partial charge is 0.466 e. The molecule has 0 fully saturated rings. The molecule has 1 aromatic rings. The van der Waals surface area contributed by atoms with Gasteiger partial charge in [0.25, 0.3) is 0 Å². The van der Waals surface area contributed by atoms with Gasteiger partial charge in [-0.2, -0.15) is 0 Å². The average molecular weight is 221 g/mol. The number of rotatable bonds is 5. The van der Waals surface area contributed by atoms with Crippen molar-refractivity contribution in [3.05, 3.63) is 29.6 Å². The van der Waals surface area contributed by atoms with Gasteiger partial charge in [-0.1, -0.05) is 13.3 Å². The number of esters is 1. The molecule has 0 aliphatic heterocycles. The Balaban J connectivity index is 2.88. The molecule has 1 aromatic heterocycles. The molecule has 0 saturated heterocycles. The SMILES string of the molecule is CCCC(C(=O)OCC)c1ccnc(C)c1. The number of carbonyl (C=O) groups is 1. The molecule has 88 valence electrons. The van der Waals surface area contributed by atoms with Crippen LogP contribution in [-0.4, -0.2) is 17.6 Å². The van der Waals surface area contributed by atoms with E-state index in [4.69, 9.17) is 4.74 Å². The van der Waals surface area contributed by atoms with Crippen LogP contribution in [0.15, 0.2) is 18.3 Å². The molecule has 3 heteroatoms. The zero-order valence-corrected chi connectivity index (χ0v) is 10.2. The second-order valence-electron chi connectivity index (χ2n) is 3.82. The topological polar surface area (TPSA) is 39.2 Å². The van der Waals surface area contributed by atoms with Gasteiger partial charge in [0.15, 0.2) is 0 Å². The van der Waals surface area contributed by atoms with Crippen LogP contribution in [0.4, 0.5) is 0 Å². The van der Waals surface area contributed by atoms with Crippen molar-refractivity contribution in [1.29, 1.82) is 0 Å². The maximum Gasteiger partial charge on any atom is 0.313 e. The monoisotopic (exact) mass is 221 g/mol. The highest BCUT2D eigenvalue weighted by molar-refractivity contribution is 5.78. The fraction of sp³-hybridized carbons (Fsp3) is 0.538. The van der Waals surface area contributed by atoms with E-state index in [1.54, 1.807) is 6.20 Å². The van der Waals surface area contributed by atoms with Gasteiger partial charge in [-0.25, -0.2) is 0 Å². The number of aromatic nitrogens is 1. The van der Waals surface area contributed by atoms with Crippen LogP contribution < -0.4 is 0 Å². The van der Waals surface area contributed by atoms with Gasteiger partial charge in [0.2, 0.25) is 0 Å². The molecule has 0 aromatic carbocycles. The summed E-state index contributed by atoms with van der Waals surface area (Å²) < 4.78 is 5.09. The minimum atomic E-state index is -0.147. The molecule has 0 aliphatic rings. The molecular weight excluding hydrogens is 202 g/mol. The van der Waals surface area contributed by atoms with Gasteiger partial charge in [-0.05, 0) is 38.0 Å². The summed E-state index contributed by atoms with van der Waals surface area (Å²) in [6, 6.07) is 3.85. The van der Waals surface area contributed by atoms with E-state index in [2.05, 4.69) is 11.9 Å². The van der Waals surface area contributed by atoms with E-state index < -0.39 is 0 Å². The van der Waals surface area contributed by atoms with E-state index in [0.29, 0.717) is 6.61 Å².